The molecule has 0 heterocycles. The van der Waals surface area contributed by atoms with Gasteiger partial charge in [-0.2, -0.15) is 0 Å². The average Bonchev–Trinajstić information content (AvgIpc) is 3.10. The van der Waals surface area contributed by atoms with Gasteiger partial charge in [-0.1, -0.05) is 154 Å². The fraction of sp³-hybridized carbons (Fsp3) is 0.860. The van der Waals surface area contributed by atoms with Crippen molar-refractivity contribution in [3.05, 3.63) is 12.2 Å². The molecular weight excluding hydrogens is 644 g/mol. The number of rotatable bonds is 38. The monoisotopic (exact) mass is 723 g/mol. The van der Waals surface area contributed by atoms with Crippen LogP contribution in [0.3, 0.4) is 0 Å². The predicted molar refractivity (Wildman–Crippen MR) is 207 cm³/mol. The van der Waals surface area contributed by atoms with Gasteiger partial charge in [-0.3, -0.25) is 19.2 Å². The van der Waals surface area contributed by atoms with Crippen LogP contribution < -0.4 is 0 Å². The minimum atomic E-state index is -0.776. The molecule has 0 amide bonds. The lowest BCUT2D eigenvalue weighted by Gasteiger charge is -2.16. The third kappa shape index (κ3) is 40.3. The molecule has 0 bridgehead atoms. The number of hydrogen-bond acceptors (Lipinski definition) is 8. The van der Waals surface area contributed by atoms with E-state index in [1.165, 1.54) is 149 Å². The standard InChI is InChI=1S/C43H78O8/c1-4-5-6-7-8-9-10-11-13-16-19-22-25-28-31-34-42(46)48-36-33-30-27-24-21-18-15-12-14-17-20-23-26-29-32-35-43(47)50-38-41(51-40(3)45)37-49-39(2)44/h8-9,41H,4-7,10-38H2,1-3H3. The Kier molecular flexibility index (Phi) is 37.0. The molecule has 0 aliphatic rings. The average molecular weight is 723 g/mol. The highest BCUT2D eigenvalue weighted by Gasteiger charge is 2.16. The molecule has 8 nitrogen and oxygen atoms in total. The van der Waals surface area contributed by atoms with Crippen LogP contribution >= 0.6 is 0 Å². The molecular formula is C43H78O8. The van der Waals surface area contributed by atoms with E-state index in [2.05, 4.69) is 19.1 Å². The van der Waals surface area contributed by atoms with Gasteiger partial charge in [0.2, 0.25) is 0 Å². The van der Waals surface area contributed by atoms with Crippen molar-refractivity contribution in [1.29, 1.82) is 0 Å². The van der Waals surface area contributed by atoms with Crippen molar-refractivity contribution in [2.75, 3.05) is 19.8 Å². The van der Waals surface area contributed by atoms with Crippen LogP contribution in [0.1, 0.15) is 213 Å². The third-order valence-electron chi connectivity index (χ3n) is 9.17. The summed E-state index contributed by atoms with van der Waals surface area (Å²) in [6.07, 6.45) is 39.1. The highest BCUT2D eigenvalue weighted by atomic mass is 16.6. The fourth-order valence-electron chi connectivity index (χ4n) is 6.09. The van der Waals surface area contributed by atoms with Crippen molar-refractivity contribution in [2.45, 2.75) is 219 Å². The third-order valence-corrected chi connectivity index (χ3v) is 9.17. The second kappa shape index (κ2) is 38.8. The molecule has 298 valence electrons. The van der Waals surface area contributed by atoms with E-state index in [4.69, 9.17) is 18.9 Å². The second-order valence-electron chi connectivity index (χ2n) is 14.3. The maximum Gasteiger partial charge on any atom is 0.305 e. The quantitative estimate of drug-likeness (QED) is 0.0268. The van der Waals surface area contributed by atoms with E-state index in [0.717, 1.165) is 44.9 Å². The van der Waals surface area contributed by atoms with Gasteiger partial charge in [0, 0.05) is 26.7 Å². The first-order valence-electron chi connectivity index (χ1n) is 21.1. The number of esters is 4. The summed E-state index contributed by atoms with van der Waals surface area (Å²) in [6, 6.07) is 0. The van der Waals surface area contributed by atoms with Crippen LogP contribution in [-0.2, 0) is 38.1 Å². The number of carbonyl (C=O) groups excluding carboxylic acids is 4. The maximum atomic E-state index is 12.0. The normalized spacial score (nSPS) is 11.8. The van der Waals surface area contributed by atoms with Crippen LogP contribution in [-0.4, -0.2) is 49.8 Å². The highest BCUT2D eigenvalue weighted by Crippen LogP contribution is 2.15. The molecule has 1 atom stereocenters. The van der Waals surface area contributed by atoms with Crippen molar-refractivity contribution in [3.8, 4) is 0 Å². The van der Waals surface area contributed by atoms with Crippen molar-refractivity contribution in [2.24, 2.45) is 0 Å². The van der Waals surface area contributed by atoms with Crippen molar-refractivity contribution < 1.29 is 38.1 Å². The lowest BCUT2D eigenvalue weighted by molar-refractivity contribution is -0.164. The van der Waals surface area contributed by atoms with Crippen LogP contribution in [0, 0.1) is 0 Å². The Morgan fingerprint density at radius 2 is 0.804 bits per heavy atom. The van der Waals surface area contributed by atoms with E-state index in [1.807, 2.05) is 0 Å². The van der Waals surface area contributed by atoms with Crippen LogP contribution in [0.15, 0.2) is 12.2 Å². The SMILES string of the molecule is CCCCCC=CCCCCCCCCCCC(=O)OCCCCCCCCCCCCCCCCCC(=O)OCC(COC(C)=O)OC(C)=O. The number of unbranched alkanes of at least 4 members (excludes halogenated alkanes) is 25. The first-order valence-corrected chi connectivity index (χ1v) is 21.1. The van der Waals surface area contributed by atoms with Gasteiger partial charge >= 0.3 is 23.9 Å². The zero-order valence-corrected chi connectivity index (χ0v) is 33.3. The lowest BCUT2D eigenvalue weighted by atomic mass is 10.0. The summed E-state index contributed by atoms with van der Waals surface area (Å²) in [5, 5.41) is 0. The minimum absolute atomic E-state index is 0.0145. The van der Waals surface area contributed by atoms with Crippen LogP contribution in [0.2, 0.25) is 0 Å². The Labute approximate surface area is 312 Å². The van der Waals surface area contributed by atoms with Gasteiger partial charge < -0.3 is 18.9 Å². The van der Waals surface area contributed by atoms with Crippen molar-refractivity contribution >= 4 is 23.9 Å². The lowest BCUT2D eigenvalue weighted by Crippen LogP contribution is -2.29. The number of carbonyl (C=O) groups is 4. The molecule has 0 aromatic carbocycles. The summed E-state index contributed by atoms with van der Waals surface area (Å²) in [6.45, 7) is 5.14. The second-order valence-corrected chi connectivity index (χ2v) is 14.3. The zero-order chi connectivity index (χ0) is 37.5. The molecule has 51 heavy (non-hydrogen) atoms. The smallest absolute Gasteiger partial charge is 0.305 e. The Balaban J connectivity index is 3.35. The molecule has 0 spiro atoms. The van der Waals surface area contributed by atoms with E-state index in [9.17, 15) is 19.2 Å². The summed E-state index contributed by atoms with van der Waals surface area (Å²) in [7, 11) is 0. The van der Waals surface area contributed by atoms with Gasteiger partial charge in [-0.05, 0) is 44.9 Å². The van der Waals surface area contributed by atoms with Crippen molar-refractivity contribution in [1.82, 2.24) is 0 Å². The van der Waals surface area contributed by atoms with Gasteiger partial charge in [0.25, 0.3) is 0 Å². The van der Waals surface area contributed by atoms with E-state index in [0.29, 0.717) is 19.4 Å². The first kappa shape index (κ1) is 48.6. The molecule has 1 unspecified atom stereocenters. The molecule has 0 aromatic rings. The summed E-state index contributed by atoms with van der Waals surface area (Å²) < 4.78 is 20.5. The van der Waals surface area contributed by atoms with Gasteiger partial charge in [0.15, 0.2) is 6.10 Å². The van der Waals surface area contributed by atoms with Crippen molar-refractivity contribution in [3.63, 3.8) is 0 Å². The summed E-state index contributed by atoms with van der Waals surface area (Å²) >= 11 is 0. The number of ether oxygens (including phenoxy) is 4. The summed E-state index contributed by atoms with van der Waals surface area (Å²) in [5.74, 6) is -1.33. The Bertz CT molecular complexity index is 855. The topological polar surface area (TPSA) is 105 Å². The van der Waals surface area contributed by atoms with Gasteiger partial charge in [0.05, 0.1) is 6.61 Å². The van der Waals surface area contributed by atoms with Crippen LogP contribution in [0.25, 0.3) is 0 Å². The summed E-state index contributed by atoms with van der Waals surface area (Å²) in [4.78, 5) is 46.1. The summed E-state index contributed by atoms with van der Waals surface area (Å²) in [5.41, 5.74) is 0. The zero-order valence-electron chi connectivity index (χ0n) is 33.3. The molecule has 0 aliphatic carbocycles. The first-order chi connectivity index (χ1) is 24.8. The van der Waals surface area contributed by atoms with Gasteiger partial charge in [-0.25, -0.2) is 0 Å². The molecule has 0 N–H and O–H groups in total. The molecule has 0 rings (SSSR count). The van der Waals surface area contributed by atoms with Crippen LogP contribution in [0.5, 0.6) is 0 Å². The van der Waals surface area contributed by atoms with Crippen LogP contribution in [0.4, 0.5) is 0 Å². The molecule has 8 heteroatoms. The van der Waals surface area contributed by atoms with E-state index >= 15 is 0 Å². The fourth-order valence-corrected chi connectivity index (χ4v) is 6.09. The molecule has 0 aliphatic heterocycles. The molecule has 0 radical (unpaired) electrons. The molecule has 0 saturated heterocycles. The maximum absolute atomic E-state index is 12.0. The van der Waals surface area contributed by atoms with Gasteiger partial charge in [-0.15, -0.1) is 0 Å². The van der Waals surface area contributed by atoms with E-state index in [-0.39, 0.29) is 25.2 Å². The number of hydrogen-bond donors (Lipinski definition) is 0. The van der Waals surface area contributed by atoms with E-state index < -0.39 is 18.0 Å². The molecule has 0 saturated carbocycles. The molecule has 0 aromatic heterocycles. The highest BCUT2D eigenvalue weighted by molar-refractivity contribution is 5.70. The Morgan fingerprint density at radius 1 is 0.431 bits per heavy atom. The van der Waals surface area contributed by atoms with E-state index in [1.54, 1.807) is 0 Å². The van der Waals surface area contributed by atoms with Gasteiger partial charge in [0.1, 0.15) is 13.2 Å². The predicted octanol–water partition coefficient (Wildman–Crippen LogP) is 11.8. The largest absolute Gasteiger partial charge is 0.466 e. The molecule has 0 fully saturated rings. The number of allylic oxidation sites excluding steroid dienone is 2. The Hall–Kier alpha value is -2.38. The Morgan fingerprint density at radius 3 is 1.24 bits per heavy atom. The minimum Gasteiger partial charge on any atom is -0.466 e.